The number of rotatable bonds is 1. The van der Waals surface area contributed by atoms with Gasteiger partial charge in [0.05, 0.1) is 5.69 Å². The van der Waals surface area contributed by atoms with E-state index in [-0.39, 0.29) is 0 Å². The normalized spacial score (nSPS) is 10.8. The van der Waals surface area contributed by atoms with Gasteiger partial charge < -0.3 is 0 Å². The molecule has 2 aromatic heterocycles. The average Bonchev–Trinajstić information content (AvgIpc) is 2.77. The number of imidazole rings is 1. The van der Waals surface area contributed by atoms with Crippen molar-refractivity contribution in [1.29, 1.82) is 0 Å². The summed E-state index contributed by atoms with van der Waals surface area (Å²) in [4.78, 5) is 4.16. The Labute approximate surface area is 101 Å². The van der Waals surface area contributed by atoms with E-state index in [2.05, 4.69) is 26.0 Å². The van der Waals surface area contributed by atoms with Gasteiger partial charge in [-0.1, -0.05) is 28.1 Å². The van der Waals surface area contributed by atoms with E-state index in [1.807, 2.05) is 42.6 Å². The molecular formula is C12H8BrN3. The summed E-state index contributed by atoms with van der Waals surface area (Å²) in [6.07, 6.45) is 3.59. The van der Waals surface area contributed by atoms with Crippen molar-refractivity contribution in [2.24, 2.45) is 0 Å². The first kappa shape index (κ1) is 9.54. The van der Waals surface area contributed by atoms with Crippen molar-refractivity contribution in [1.82, 2.24) is 14.6 Å². The van der Waals surface area contributed by atoms with Crippen molar-refractivity contribution >= 4 is 21.6 Å². The lowest BCUT2D eigenvalue weighted by molar-refractivity contribution is 0.942. The maximum atomic E-state index is 4.47. The first-order chi connectivity index (χ1) is 7.83. The van der Waals surface area contributed by atoms with E-state index in [1.54, 1.807) is 10.7 Å². The molecule has 0 saturated heterocycles. The Bertz CT molecular complexity index is 628. The first-order valence-electron chi connectivity index (χ1n) is 4.89. The van der Waals surface area contributed by atoms with Gasteiger partial charge in [-0.2, -0.15) is 5.10 Å². The minimum absolute atomic E-state index is 0.862. The second kappa shape index (κ2) is 3.72. The highest BCUT2D eigenvalue weighted by molar-refractivity contribution is 9.10. The molecular weight excluding hydrogens is 266 g/mol. The Kier molecular flexibility index (Phi) is 2.22. The molecule has 0 aliphatic carbocycles. The van der Waals surface area contributed by atoms with Gasteiger partial charge in [0.2, 0.25) is 0 Å². The summed E-state index contributed by atoms with van der Waals surface area (Å²) >= 11 is 3.42. The molecule has 0 radical (unpaired) electrons. The Hall–Kier alpha value is -1.68. The monoisotopic (exact) mass is 273 g/mol. The van der Waals surface area contributed by atoms with Crippen molar-refractivity contribution in [3.63, 3.8) is 0 Å². The zero-order valence-electron chi connectivity index (χ0n) is 8.34. The molecule has 16 heavy (non-hydrogen) atoms. The molecule has 3 aromatic rings. The van der Waals surface area contributed by atoms with Crippen LogP contribution in [0.1, 0.15) is 0 Å². The molecule has 0 fully saturated rings. The van der Waals surface area contributed by atoms with Crippen LogP contribution in [0.4, 0.5) is 0 Å². The molecule has 0 aliphatic heterocycles. The van der Waals surface area contributed by atoms with Gasteiger partial charge in [-0.3, -0.25) is 0 Å². The van der Waals surface area contributed by atoms with Crippen LogP contribution in [0.25, 0.3) is 16.9 Å². The predicted octanol–water partition coefficient (Wildman–Crippen LogP) is 3.16. The number of aromatic nitrogens is 3. The van der Waals surface area contributed by atoms with Crippen LogP contribution in [-0.2, 0) is 0 Å². The Morgan fingerprint density at radius 1 is 1.00 bits per heavy atom. The number of benzene rings is 1. The van der Waals surface area contributed by atoms with Gasteiger partial charge in [0.25, 0.3) is 0 Å². The van der Waals surface area contributed by atoms with Crippen LogP contribution in [0.5, 0.6) is 0 Å². The molecule has 4 heteroatoms. The van der Waals surface area contributed by atoms with E-state index in [0.29, 0.717) is 0 Å². The lowest BCUT2D eigenvalue weighted by Crippen LogP contribution is -1.92. The number of halogens is 1. The molecule has 2 heterocycles. The van der Waals surface area contributed by atoms with E-state index < -0.39 is 0 Å². The van der Waals surface area contributed by atoms with Crippen LogP contribution < -0.4 is 0 Å². The van der Waals surface area contributed by atoms with Gasteiger partial charge in [-0.15, -0.1) is 0 Å². The fourth-order valence-electron chi connectivity index (χ4n) is 1.59. The van der Waals surface area contributed by atoms with Crippen LogP contribution >= 0.6 is 15.9 Å². The third kappa shape index (κ3) is 1.61. The molecule has 3 nitrogen and oxygen atoms in total. The van der Waals surface area contributed by atoms with Crippen molar-refractivity contribution < 1.29 is 0 Å². The topological polar surface area (TPSA) is 30.2 Å². The Morgan fingerprint density at radius 3 is 2.62 bits per heavy atom. The molecule has 0 spiro atoms. The molecule has 0 amide bonds. The van der Waals surface area contributed by atoms with Crippen molar-refractivity contribution in [3.05, 3.63) is 53.3 Å². The molecule has 0 bridgehead atoms. The predicted molar refractivity (Wildman–Crippen MR) is 66.1 cm³/mol. The Balaban J connectivity index is 2.14. The molecule has 1 aromatic carbocycles. The summed E-state index contributed by atoms with van der Waals surface area (Å²) in [7, 11) is 0. The molecule has 0 saturated carbocycles. The van der Waals surface area contributed by atoms with E-state index in [1.165, 1.54) is 0 Å². The number of hydrogen-bond donors (Lipinski definition) is 0. The maximum absolute atomic E-state index is 4.47. The van der Waals surface area contributed by atoms with Gasteiger partial charge in [-0.25, -0.2) is 9.50 Å². The van der Waals surface area contributed by atoms with E-state index in [4.69, 9.17) is 0 Å². The summed E-state index contributed by atoms with van der Waals surface area (Å²) < 4.78 is 2.84. The van der Waals surface area contributed by atoms with Crippen LogP contribution in [-0.4, -0.2) is 14.6 Å². The fraction of sp³-hybridized carbons (Fsp3) is 0. The Morgan fingerprint density at radius 2 is 1.81 bits per heavy atom. The highest BCUT2D eigenvalue weighted by Crippen LogP contribution is 2.19. The second-order valence-corrected chi connectivity index (χ2v) is 4.37. The lowest BCUT2D eigenvalue weighted by atomic mass is 10.1. The van der Waals surface area contributed by atoms with Gasteiger partial charge in [-0.05, 0) is 24.3 Å². The standard InChI is InChI=1S/C12H8BrN3/c13-10-3-1-9(2-4-10)11-5-6-12-14-7-8-16(12)15-11/h1-8H. The minimum atomic E-state index is 0.862. The summed E-state index contributed by atoms with van der Waals surface area (Å²) in [6, 6.07) is 12.0. The summed E-state index contributed by atoms with van der Waals surface area (Å²) in [5.74, 6) is 0. The summed E-state index contributed by atoms with van der Waals surface area (Å²) in [5, 5.41) is 4.47. The SMILES string of the molecule is Brc1ccc(-c2ccc3nccn3n2)cc1. The highest BCUT2D eigenvalue weighted by atomic mass is 79.9. The minimum Gasteiger partial charge on any atom is -0.236 e. The van der Waals surface area contributed by atoms with E-state index in [0.717, 1.165) is 21.4 Å². The van der Waals surface area contributed by atoms with Crippen LogP contribution in [0.15, 0.2) is 53.3 Å². The lowest BCUT2D eigenvalue weighted by Gasteiger charge is -2.01. The highest BCUT2D eigenvalue weighted by Gasteiger charge is 2.01. The first-order valence-corrected chi connectivity index (χ1v) is 5.68. The molecule has 0 atom stereocenters. The number of hydrogen-bond acceptors (Lipinski definition) is 2. The summed E-state index contributed by atoms with van der Waals surface area (Å²) in [5.41, 5.74) is 2.90. The zero-order chi connectivity index (χ0) is 11.0. The van der Waals surface area contributed by atoms with Crippen molar-refractivity contribution in [2.45, 2.75) is 0 Å². The van der Waals surface area contributed by atoms with Gasteiger partial charge in [0.1, 0.15) is 0 Å². The van der Waals surface area contributed by atoms with Crippen molar-refractivity contribution in [3.8, 4) is 11.3 Å². The maximum Gasteiger partial charge on any atom is 0.153 e. The smallest absolute Gasteiger partial charge is 0.153 e. The van der Waals surface area contributed by atoms with E-state index in [9.17, 15) is 0 Å². The van der Waals surface area contributed by atoms with Crippen LogP contribution in [0.3, 0.4) is 0 Å². The summed E-state index contributed by atoms with van der Waals surface area (Å²) in [6.45, 7) is 0. The zero-order valence-corrected chi connectivity index (χ0v) is 9.92. The van der Waals surface area contributed by atoms with Crippen molar-refractivity contribution in [2.75, 3.05) is 0 Å². The number of nitrogens with zero attached hydrogens (tertiary/aromatic N) is 3. The van der Waals surface area contributed by atoms with Crippen LogP contribution in [0, 0.1) is 0 Å². The van der Waals surface area contributed by atoms with Gasteiger partial charge in [0.15, 0.2) is 5.65 Å². The van der Waals surface area contributed by atoms with Gasteiger partial charge in [0, 0.05) is 22.4 Å². The average molecular weight is 274 g/mol. The molecule has 3 rings (SSSR count). The largest absolute Gasteiger partial charge is 0.236 e. The van der Waals surface area contributed by atoms with Crippen LogP contribution in [0.2, 0.25) is 0 Å². The second-order valence-electron chi connectivity index (χ2n) is 3.46. The quantitative estimate of drug-likeness (QED) is 0.682. The fourth-order valence-corrected chi connectivity index (χ4v) is 1.85. The van der Waals surface area contributed by atoms with Gasteiger partial charge >= 0.3 is 0 Å². The molecule has 0 aliphatic rings. The molecule has 0 unspecified atom stereocenters. The molecule has 0 N–H and O–H groups in total. The number of fused-ring (bicyclic) bond motifs is 1. The third-order valence-corrected chi connectivity index (χ3v) is 2.92. The van der Waals surface area contributed by atoms with E-state index >= 15 is 0 Å². The third-order valence-electron chi connectivity index (χ3n) is 2.40. The molecule has 78 valence electrons.